The van der Waals surface area contributed by atoms with E-state index in [1.54, 1.807) is 4.90 Å². The highest BCUT2D eigenvalue weighted by Crippen LogP contribution is 2.32. The summed E-state index contributed by atoms with van der Waals surface area (Å²) in [7, 11) is 0. The highest BCUT2D eigenvalue weighted by Gasteiger charge is 2.37. The Labute approximate surface area is 128 Å². The maximum atomic E-state index is 12.9. The summed E-state index contributed by atoms with van der Waals surface area (Å²) in [6, 6.07) is 7.85. The number of carbonyl (C=O) groups is 2. The van der Waals surface area contributed by atoms with Crippen LogP contribution in [0.5, 0.6) is 0 Å². The van der Waals surface area contributed by atoms with Gasteiger partial charge in [-0.3, -0.25) is 9.59 Å². The first-order chi connectivity index (χ1) is 10.6. The molecule has 114 valence electrons. The Morgan fingerprint density at radius 1 is 1.14 bits per heavy atom. The Balaban J connectivity index is 1.59. The van der Waals surface area contributed by atoms with Crippen molar-refractivity contribution in [3.05, 3.63) is 35.5 Å². The number of para-hydroxylation sites is 1. The third kappa shape index (κ3) is 2.08. The first kappa shape index (κ1) is 13.4. The standard InChI is InChI=1S/C17H19N3O2/c1-11-15(13-4-2-3-5-14(13)18-11)17(22)20-9-8-19(10-20)16(21)12-6-7-12/h2-5,12,18H,6-10H2,1H3. The molecule has 0 spiro atoms. The van der Waals surface area contributed by atoms with Crippen LogP contribution < -0.4 is 0 Å². The highest BCUT2D eigenvalue weighted by atomic mass is 16.2. The van der Waals surface area contributed by atoms with E-state index in [9.17, 15) is 9.59 Å². The van der Waals surface area contributed by atoms with Gasteiger partial charge in [0.05, 0.1) is 12.2 Å². The van der Waals surface area contributed by atoms with Crippen LogP contribution in [0.4, 0.5) is 0 Å². The smallest absolute Gasteiger partial charge is 0.257 e. The van der Waals surface area contributed by atoms with Crippen molar-refractivity contribution < 1.29 is 9.59 Å². The van der Waals surface area contributed by atoms with Crippen molar-refractivity contribution in [1.82, 2.24) is 14.8 Å². The molecule has 2 amide bonds. The summed E-state index contributed by atoms with van der Waals surface area (Å²) in [4.78, 5) is 31.9. The second kappa shape index (κ2) is 4.87. The van der Waals surface area contributed by atoms with Gasteiger partial charge in [0, 0.05) is 35.6 Å². The Kier molecular flexibility index (Phi) is 2.96. The summed E-state index contributed by atoms with van der Waals surface area (Å²) >= 11 is 0. The minimum Gasteiger partial charge on any atom is -0.358 e. The van der Waals surface area contributed by atoms with Crippen LogP contribution in [0.1, 0.15) is 28.9 Å². The average Bonchev–Trinajstić information content (AvgIpc) is 3.14. The number of fused-ring (bicyclic) bond motifs is 1. The van der Waals surface area contributed by atoms with E-state index in [1.807, 2.05) is 36.1 Å². The van der Waals surface area contributed by atoms with Gasteiger partial charge in [0.25, 0.3) is 5.91 Å². The SMILES string of the molecule is Cc1[nH]c2ccccc2c1C(=O)N1CCN(C(=O)C2CC2)C1. The molecule has 2 aliphatic rings. The lowest BCUT2D eigenvalue weighted by molar-refractivity contribution is -0.131. The second-order valence-corrected chi connectivity index (χ2v) is 6.26. The van der Waals surface area contributed by atoms with Gasteiger partial charge < -0.3 is 14.8 Å². The molecule has 2 heterocycles. The fourth-order valence-corrected chi connectivity index (χ4v) is 3.23. The molecular formula is C17H19N3O2. The topological polar surface area (TPSA) is 56.4 Å². The quantitative estimate of drug-likeness (QED) is 0.923. The predicted molar refractivity (Wildman–Crippen MR) is 83.4 cm³/mol. The minimum atomic E-state index is 0.0149. The molecule has 0 radical (unpaired) electrons. The third-order valence-electron chi connectivity index (χ3n) is 4.61. The molecule has 1 aromatic heterocycles. The molecule has 22 heavy (non-hydrogen) atoms. The molecule has 2 fully saturated rings. The first-order valence-electron chi connectivity index (χ1n) is 7.80. The van der Waals surface area contributed by atoms with Crippen molar-refractivity contribution in [1.29, 1.82) is 0 Å². The van der Waals surface area contributed by atoms with Gasteiger partial charge in [0.1, 0.15) is 0 Å². The first-order valence-corrected chi connectivity index (χ1v) is 7.80. The number of hydrogen-bond acceptors (Lipinski definition) is 2. The van der Waals surface area contributed by atoms with Crippen LogP contribution in [0.2, 0.25) is 0 Å². The normalized spacial score (nSPS) is 18.2. The fraction of sp³-hybridized carbons (Fsp3) is 0.412. The summed E-state index contributed by atoms with van der Waals surface area (Å²) in [5.41, 5.74) is 2.60. The molecule has 2 aromatic rings. The van der Waals surface area contributed by atoms with Crippen molar-refractivity contribution in [2.75, 3.05) is 19.8 Å². The molecule has 0 atom stereocenters. The molecule has 1 N–H and O–H groups in total. The Morgan fingerprint density at radius 2 is 1.86 bits per heavy atom. The van der Waals surface area contributed by atoms with Crippen LogP contribution in [-0.4, -0.2) is 46.4 Å². The van der Waals surface area contributed by atoms with E-state index >= 15 is 0 Å². The number of nitrogens with one attached hydrogen (secondary N) is 1. The van der Waals surface area contributed by atoms with Gasteiger partial charge in [-0.1, -0.05) is 18.2 Å². The van der Waals surface area contributed by atoms with Gasteiger partial charge >= 0.3 is 0 Å². The molecule has 5 nitrogen and oxygen atoms in total. The number of aromatic amines is 1. The number of aryl methyl sites for hydroxylation is 1. The molecule has 1 aliphatic carbocycles. The maximum absolute atomic E-state index is 12.9. The van der Waals surface area contributed by atoms with Gasteiger partial charge in [-0.15, -0.1) is 0 Å². The largest absolute Gasteiger partial charge is 0.358 e. The van der Waals surface area contributed by atoms with E-state index in [2.05, 4.69) is 4.98 Å². The number of benzene rings is 1. The lowest BCUT2D eigenvalue weighted by Crippen LogP contribution is -2.34. The monoisotopic (exact) mass is 297 g/mol. The number of aromatic nitrogens is 1. The molecule has 5 heteroatoms. The fourth-order valence-electron chi connectivity index (χ4n) is 3.23. The summed E-state index contributed by atoms with van der Waals surface area (Å²) in [5.74, 6) is 0.442. The zero-order chi connectivity index (χ0) is 15.3. The van der Waals surface area contributed by atoms with Crippen molar-refractivity contribution in [3.8, 4) is 0 Å². The van der Waals surface area contributed by atoms with E-state index in [4.69, 9.17) is 0 Å². The van der Waals surface area contributed by atoms with Crippen LogP contribution in [0.25, 0.3) is 10.9 Å². The van der Waals surface area contributed by atoms with Crippen LogP contribution in [0.15, 0.2) is 24.3 Å². The lowest BCUT2D eigenvalue weighted by Gasteiger charge is -2.18. The summed E-state index contributed by atoms with van der Waals surface area (Å²) in [5, 5.41) is 0.956. The lowest BCUT2D eigenvalue weighted by atomic mass is 10.1. The molecule has 1 aliphatic heterocycles. The van der Waals surface area contributed by atoms with Crippen LogP contribution in [-0.2, 0) is 4.79 Å². The Bertz CT molecular complexity index is 760. The number of rotatable bonds is 2. The Hall–Kier alpha value is -2.30. The van der Waals surface area contributed by atoms with Crippen molar-refractivity contribution in [3.63, 3.8) is 0 Å². The molecule has 0 bridgehead atoms. The molecule has 1 saturated heterocycles. The van der Waals surface area contributed by atoms with Gasteiger partial charge in [-0.05, 0) is 25.8 Å². The van der Waals surface area contributed by atoms with Crippen LogP contribution >= 0.6 is 0 Å². The molecule has 0 unspecified atom stereocenters. The highest BCUT2D eigenvalue weighted by molar-refractivity contribution is 6.08. The average molecular weight is 297 g/mol. The van der Waals surface area contributed by atoms with Crippen molar-refractivity contribution in [2.24, 2.45) is 5.92 Å². The van der Waals surface area contributed by atoms with E-state index in [0.717, 1.165) is 35.0 Å². The van der Waals surface area contributed by atoms with Crippen LogP contribution in [0.3, 0.4) is 0 Å². The second-order valence-electron chi connectivity index (χ2n) is 6.26. The molecule has 1 saturated carbocycles. The van der Waals surface area contributed by atoms with Crippen molar-refractivity contribution in [2.45, 2.75) is 19.8 Å². The van der Waals surface area contributed by atoms with Gasteiger partial charge in [-0.25, -0.2) is 0 Å². The number of H-pyrrole nitrogens is 1. The zero-order valence-electron chi connectivity index (χ0n) is 12.6. The summed E-state index contributed by atoms with van der Waals surface area (Å²) < 4.78 is 0. The maximum Gasteiger partial charge on any atom is 0.257 e. The zero-order valence-corrected chi connectivity index (χ0v) is 12.6. The number of nitrogens with zero attached hydrogens (tertiary/aromatic N) is 2. The number of hydrogen-bond donors (Lipinski definition) is 1. The summed E-state index contributed by atoms with van der Waals surface area (Å²) in [6.07, 6.45) is 2.01. The number of carbonyl (C=O) groups excluding carboxylic acids is 2. The molecule has 4 rings (SSSR count). The van der Waals surface area contributed by atoms with Gasteiger partial charge in [0.15, 0.2) is 0 Å². The molecule has 1 aromatic carbocycles. The minimum absolute atomic E-state index is 0.0149. The third-order valence-corrected chi connectivity index (χ3v) is 4.61. The van der Waals surface area contributed by atoms with E-state index in [0.29, 0.717) is 19.8 Å². The van der Waals surface area contributed by atoms with Crippen molar-refractivity contribution >= 4 is 22.7 Å². The Morgan fingerprint density at radius 3 is 2.64 bits per heavy atom. The van der Waals surface area contributed by atoms with E-state index in [1.165, 1.54) is 0 Å². The predicted octanol–water partition coefficient (Wildman–Crippen LogP) is 2.13. The van der Waals surface area contributed by atoms with Crippen LogP contribution in [0, 0.1) is 12.8 Å². The molecular weight excluding hydrogens is 278 g/mol. The number of amides is 2. The van der Waals surface area contributed by atoms with Gasteiger partial charge in [-0.2, -0.15) is 0 Å². The van der Waals surface area contributed by atoms with E-state index in [-0.39, 0.29) is 17.7 Å². The van der Waals surface area contributed by atoms with Gasteiger partial charge in [0.2, 0.25) is 5.91 Å². The van der Waals surface area contributed by atoms with E-state index < -0.39 is 0 Å². The summed E-state index contributed by atoms with van der Waals surface area (Å²) in [6.45, 7) is 3.63.